The molecule has 1 aliphatic carbocycles. The van der Waals surface area contributed by atoms with Gasteiger partial charge >= 0.3 is 0 Å². The normalized spacial score (nSPS) is 15.2. The summed E-state index contributed by atoms with van der Waals surface area (Å²) in [6.07, 6.45) is 3.56. The predicted molar refractivity (Wildman–Crippen MR) is 74.5 cm³/mol. The summed E-state index contributed by atoms with van der Waals surface area (Å²) in [6, 6.07) is 6.00. The fourth-order valence-electron chi connectivity index (χ4n) is 2.23. The molecule has 0 unspecified atom stereocenters. The zero-order chi connectivity index (χ0) is 13.1. The Morgan fingerprint density at radius 3 is 2.67 bits per heavy atom. The summed E-state index contributed by atoms with van der Waals surface area (Å²) >= 11 is 6.12. The van der Waals surface area contributed by atoms with Crippen molar-refractivity contribution in [1.82, 2.24) is 0 Å². The summed E-state index contributed by atoms with van der Waals surface area (Å²) in [7, 11) is 0. The molecule has 0 amide bonds. The van der Waals surface area contributed by atoms with E-state index in [4.69, 9.17) is 27.9 Å². The lowest BCUT2D eigenvalue weighted by Gasteiger charge is -2.39. The Bertz CT molecular complexity index is 446. The van der Waals surface area contributed by atoms with Gasteiger partial charge in [0.1, 0.15) is 5.84 Å². The quantitative estimate of drug-likeness (QED) is 0.564. The second-order valence-corrected chi connectivity index (χ2v) is 4.99. The van der Waals surface area contributed by atoms with Crippen molar-refractivity contribution in [2.24, 2.45) is 5.73 Å². The van der Waals surface area contributed by atoms with Crippen molar-refractivity contribution in [2.75, 3.05) is 18.1 Å². The summed E-state index contributed by atoms with van der Waals surface area (Å²) in [5.41, 5.74) is 6.99. The van der Waals surface area contributed by atoms with Crippen LogP contribution < -0.4 is 10.6 Å². The lowest BCUT2D eigenvalue weighted by atomic mass is 9.91. The SMILES string of the molecule is N=C(N)c1ccc(N(CCO)C2CCC2)cc1Cl. The Labute approximate surface area is 112 Å². The van der Waals surface area contributed by atoms with Crippen LogP contribution in [0.25, 0.3) is 0 Å². The number of nitrogen functional groups attached to an aromatic ring is 1. The van der Waals surface area contributed by atoms with E-state index in [1.54, 1.807) is 6.07 Å². The number of hydrogen-bond acceptors (Lipinski definition) is 3. The maximum absolute atomic E-state index is 9.15. The molecule has 98 valence electrons. The Kier molecular flexibility index (Phi) is 4.09. The topological polar surface area (TPSA) is 73.3 Å². The monoisotopic (exact) mass is 267 g/mol. The van der Waals surface area contributed by atoms with E-state index in [0.717, 1.165) is 18.5 Å². The molecule has 1 aromatic carbocycles. The van der Waals surface area contributed by atoms with Crippen LogP contribution in [0.1, 0.15) is 24.8 Å². The zero-order valence-electron chi connectivity index (χ0n) is 10.2. The lowest BCUT2D eigenvalue weighted by Crippen LogP contribution is -2.42. The first-order valence-corrected chi connectivity index (χ1v) is 6.52. The van der Waals surface area contributed by atoms with E-state index in [0.29, 0.717) is 23.2 Å². The Morgan fingerprint density at radius 1 is 1.50 bits per heavy atom. The van der Waals surface area contributed by atoms with Crippen LogP contribution in [0.3, 0.4) is 0 Å². The standard InChI is InChI=1S/C13H18ClN3O/c14-12-8-10(4-5-11(12)13(15)16)17(6-7-18)9-2-1-3-9/h4-5,8-9,18H,1-3,6-7H2,(H3,15,16). The zero-order valence-corrected chi connectivity index (χ0v) is 11.0. The van der Waals surface area contributed by atoms with Crippen LogP contribution >= 0.6 is 11.6 Å². The lowest BCUT2D eigenvalue weighted by molar-refractivity contribution is 0.283. The van der Waals surface area contributed by atoms with Crippen LogP contribution in [-0.4, -0.2) is 30.1 Å². The van der Waals surface area contributed by atoms with Gasteiger partial charge in [0.2, 0.25) is 0 Å². The Hall–Kier alpha value is -1.26. The van der Waals surface area contributed by atoms with Crippen LogP contribution in [0.15, 0.2) is 18.2 Å². The molecule has 0 aliphatic heterocycles. The van der Waals surface area contributed by atoms with Gasteiger partial charge < -0.3 is 15.7 Å². The molecule has 0 aromatic heterocycles. The van der Waals surface area contributed by atoms with E-state index < -0.39 is 0 Å². The van der Waals surface area contributed by atoms with Crippen molar-refractivity contribution >= 4 is 23.1 Å². The van der Waals surface area contributed by atoms with Crippen LogP contribution in [-0.2, 0) is 0 Å². The second-order valence-electron chi connectivity index (χ2n) is 4.58. The average Bonchev–Trinajstić information content (AvgIpc) is 2.25. The van der Waals surface area contributed by atoms with Crippen LogP contribution in [0.5, 0.6) is 0 Å². The molecule has 4 nitrogen and oxygen atoms in total. The Balaban J connectivity index is 2.24. The summed E-state index contributed by atoms with van der Waals surface area (Å²) in [5, 5.41) is 17.0. The largest absolute Gasteiger partial charge is 0.395 e. The van der Waals surface area contributed by atoms with Crippen molar-refractivity contribution in [1.29, 1.82) is 5.41 Å². The molecule has 1 aromatic rings. The minimum atomic E-state index is -0.0242. The maximum Gasteiger partial charge on any atom is 0.124 e. The highest BCUT2D eigenvalue weighted by atomic mass is 35.5. The van der Waals surface area contributed by atoms with Crippen molar-refractivity contribution in [3.05, 3.63) is 28.8 Å². The third kappa shape index (κ3) is 2.60. The summed E-state index contributed by atoms with van der Waals surface area (Å²) < 4.78 is 0. The molecular formula is C13H18ClN3O. The molecule has 1 aliphatic rings. The minimum Gasteiger partial charge on any atom is -0.395 e. The van der Waals surface area contributed by atoms with Crippen molar-refractivity contribution in [3.63, 3.8) is 0 Å². The van der Waals surface area contributed by atoms with Gasteiger partial charge in [-0.2, -0.15) is 0 Å². The number of nitrogens with two attached hydrogens (primary N) is 1. The molecule has 0 radical (unpaired) electrons. The van der Waals surface area contributed by atoms with Gasteiger partial charge in [0.05, 0.1) is 11.6 Å². The fourth-order valence-corrected chi connectivity index (χ4v) is 2.51. The average molecular weight is 268 g/mol. The van der Waals surface area contributed by atoms with Crippen LogP contribution in [0.2, 0.25) is 5.02 Å². The second kappa shape index (κ2) is 5.59. The van der Waals surface area contributed by atoms with Gasteiger partial charge in [-0.25, -0.2) is 0 Å². The van der Waals surface area contributed by atoms with Gasteiger partial charge in [-0.3, -0.25) is 5.41 Å². The van der Waals surface area contributed by atoms with Crippen LogP contribution in [0.4, 0.5) is 5.69 Å². The molecule has 2 rings (SSSR count). The molecule has 0 atom stereocenters. The molecule has 0 bridgehead atoms. The third-order valence-corrected chi connectivity index (χ3v) is 3.74. The molecule has 1 fully saturated rings. The molecule has 18 heavy (non-hydrogen) atoms. The number of nitrogens with one attached hydrogen (secondary N) is 1. The first kappa shape index (κ1) is 13.2. The highest BCUT2D eigenvalue weighted by Crippen LogP contribution is 2.31. The number of benzene rings is 1. The van der Waals surface area contributed by atoms with E-state index in [-0.39, 0.29) is 12.4 Å². The summed E-state index contributed by atoms with van der Waals surface area (Å²) in [5.74, 6) is -0.0242. The molecule has 1 saturated carbocycles. The van der Waals surface area contributed by atoms with Crippen molar-refractivity contribution in [3.8, 4) is 0 Å². The first-order chi connectivity index (χ1) is 8.63. The number of aliphatic hydroxyl groups is 1. The summed E-state index contributed by atoms with van der Waals surface area (Å²) in [6.45, 7) is 0.739. The van der Waals surface area contributed by atoms with Gasteiger partial charge in [0.25, 0.3) is 0 Å². The van der Waals surface area contributed by atoms with E-state index in [1.807, 2.05) is 12.1 Å². The Morgan fingerprint density at radius 2 is 2.22 bits per heavy atom. The molecular weight excluding hydrogens is 250 g/mol. The molecule has 0 heterocycles. The number of hydrogen-bond donors (Lipinski definition) is 3. The molecule has 5 heteroatoms. The number of aliphatic hydroxyl groups excluding tert-OH is 1. The molecule has 0 spiro atoms. The first-order valence-electron chi connectivity index (χ1n) is 6.15. The fraction of sp³-hybridized carbons (Fsp3) is 0.462. The number of nitrogens with zero attached hydrogens (tertiary/aromatic N) is 1. The number of rotatable bonds is 5. The molecule has 0 saturated heterocycles. The van der Waals surface area contributed by atoms with E-state index >= 15 is 0 Å². The van der Waals surface area contributed by atoms with E-state index in [9.17, 15) is 0 Å². The number of amidine groups is 1. The summed E-state index contributed by atoms with van der Waals surface area (Å²) in [4.78, 5) is 2.18. The third-order valence-electron chi connectivity index (χ3n) is 3.43. The minimum absolute atomic E-state index is 0.0242. The smallest absolute Gasteiger partial charge is 0.124 e. The van der Waals surface area contributed by atoms with Gasteiger partial charge in [-0.1, -0.05) is 11.6 Å². The van der Waals surface area contributed by atoms with Crippen LogP contribution in [0, 0.1) is 5.41 Å². The predicted octanol–water partition coefficient (Wildman–Crippen LogP) is 1.98. The van der Waals surface area contributed by atoms with Gasteiger partial charge in [-0.05, 0) is 37.5 Å². The number of halogens is 1. The maximum atomic E-state index is 9.15. The van der Waals surface area contributed by atoms with Gasteiger partial charge in [0.15, 0.2) is 0 Å². The van der Waals surface area contributed by atoms with Gasteiger partial charge in [-0.15, -0.1) is 0 Å². The highest BCUT2D eigenvalue weighted by molar-refractivity contribution is 6.34. The molecule has 4 N–H and O–H groups in total. The number of anilines is 1. The van der Waals surface area contributed by atoms with Gasteiger partial charge in [0, 0.05) is 23.8 Å². The highest BCUT2D eigenvalue weighted by Gasteiger charge is 2.25. The van der Waals surface area contributed by atoms with E-state index in [2.05, 4.69) is 4.90 Å². The van der Waals surface area contributed by atoms with Crippen molar-refractivity contribution < 1.29 is 5.11 Å². The van der Waals surface area contributed by atoms with E-state index in [1.165, 1.54) is 6.42 Å². The van der Waals surface area contributed by atoms with Crippen molar-refractivity contribution in [2.45, 2.75) is 25.3 Å².